The number of benzene rings is 2. The van der Waals surface area contributed by atoms with Gasteiger partial charge in [-0.2, -0.15) is 0 Å². The number of halogens is 1. The van der Waals surface area contributed by atoms with Crippen molar-refractivity contribution in [3.05, 3.63) is 86.8 Å². The van der Waals surface area contributed by atoms with Crippen molar-refractivity contribution in [3.63, 3.8) is 0 Å². The fraction of sp³-hybridized carbons (Fsp3) is 0.130. The molecule has 2 aromatic heterocycles. The lowest BCUT2D eigenvalue weighted by Gasteiger charge is -2.06. The van der Waals surface area contributed by atoms with Crippen LogP contribution in [-0.2, 0) is 25.9 Å². The highest BCUT2D eigenvalue weighted by molar-refractivity contribution is 6.02. The van der Waals surface area contributed by atoms with Crippen LogP contribution in [0.1, 0.15) is 5.56 Å². The Balaban J connectivity index is 1.65. The van der Waals surface area contributed by atoms with Gasteiger partial charge in [0, 0.05) is 38.5 Å². The molecule has 0 aliphatic rings. The molecule has 0 spiro atoms. The van der Waals surface area contributed by atoms with Gasteiger partial charge < -0.3 is 9.88 Å². The van der Waals surface area contributed by atoms with Crippen LogP contribution < -0.4 is 16.6 Å². The van der Waals surface area contributed by atoms with Gasteiger partial charge in [-0.15, -0.1) is 0 Å². The first-order valence-corrected chi connectivity index (χ1v) is 9.74. The molecule has 0 atom stereocenters. The number of nitrogens with one attached hydrogen (secondary N) is 1. The van der Waals surface area contributed by atoms with Crippen LogP contribution in [-0.4, -0.2) is 24.6 Å². The molecule has 162 valence electrons. The van der Waals surface area contributed by atoms with Crippen LogP contribution in [0.4, 0.5) is 10.1 Å². The van der Waals surface area contributed by atoms with Crippen LogP contribution in [0.3, 0.4) is 0 Å². The Labute approximate surface area is 181 Å². The SMILES string of the molecule is Cn1c(=O)c2c(nc(-c3cccc(NC(=O)/C=C/c4ccc(F)cc4)c3)n2C)n(C)c1=O. The first kappa shape index (κ1) is 21.0. The van der Waals surface area contributed by atoms with Crippen molar-refractivity contribution >= 4 is 28.8 Å². The van der Waals surface area contributed by atoms with E-state index in [9.17, 15) is 18.8 Å². The molecule has 9 heteroatoms. The van der Waals surface area contributed by atoms with E-state index in [1.54, 1.807) is 61.1 Å². The summed E-state index contributed by atoms with van der Waals surface area (Å²) in [5.41, 5.74) is 1.60. The maximum Gasteiger partial charge on any atom is 0.332 e. The van der Waals surface area contributed by atoms with E-state index in [2.05, 4.69) is 10.3 Å². The van der Waals surface area contributed by atoms with E-state index in [0.717, 1.165) is 4.57 Å². The molecular weight excluding hydrogens is 413 g/mol. The number of carbonyl (C=O) groups excluding carboxylic acids is 1. The minimum Gasteiger partial charge on any atom is -0.322 e. The summed E-state index contributed by atoms with van der Waals surface area (Å²) in [5.74, 6) is -0.215. The smallest absolute Gasteiger partial charge is 0.322 e. The van der Waals surface area contributed by atoms with E-state index in [-0.39, 0.29) is 17.4 Å². The van der Waals surface area contributed by atoms with Gasteiger partial charge >= 0.3 is 5.69 Å². The zero-order valence-electron chi connectivity index (χ0n) is 17.7. The minimum absolute atomic E-state index is 0.285. The summed E-state index contributed by atoms with van der Waals surface area (Å²) in [6.45, 7) is 0. The fourth-order valence-electron chi connectivity index (χ4n) is 3.44. The lowest BCUT2D eigenvalue weighted by molar-refractivity contribution is -0.111. The Morgan fingerprint density at radius 1 is 1.00 bits per heavy atom. The molecule has 2 heterocycles. The van der Waals surface area contributed by atoms with Crippen LogP contribution in [0.2, 0.25) is 0 Å². The highest BCUT2D eigenvalue weighted by Crippen LogP contribution is 2.24. The number of aromatic nitrogens is 4. The Morgan fingerprint density at radius 2 is 1.72 bits per heavy atom. The van der Waals surface area contributed by atoms with Crippen molar-refractivity contribution in [1.82, 2.24) is 18.7 Å². The number of amides is 1. The van der Waals surface area contributed by atoms with E-state index in [1.807, 2.05) is 0 Å². The van der Waals surface area contributed by atoms with Crippen molar-refractivity contribution in [2.75, 3.05) is 5.32 Å². The highest BCUT2D eigenvalue weighted by Gasteiger charge is 2.18. The van der Waals surface area contributed by atoms with Gasteiger partial charge in [0.25, 0.3) is 5.56 Å². The molecule has 4 rings (SSSR count). The first-order valence-electron chi connectivity index (χ1n) is 9.74. The average molecular weight is 433 g/mol. The standard InChI is InChI=1S/C23H20FN5O3/c1-27-19-21(28(2)23(32)29(3)22(19)31)26-20(27)15-5-4-6-17(13-15)25-18(30)12-9-14-7-10-16(24)11-8-14/h4-13H,1-3H3,(H,25,30)/b12-9+. The zero-order valence-corrected chi connectivity index (χ0v) is 17.7. The van der Waals surface area contributed by atoms with Crippen molar-refractivity contribution in [2.45, 2.75) is 0 Å². The summed E-state index contributed by atoms with van der Waals surface area (Å²) in [5, 5.41) is 2.77. The monoisotopic (exact) mass is 433 g/mol. The highest BCUT2D eigenvalue weighted by atomic mass is 19.1. The molecule has 4 aromatic rings. The minimum atomic E-state index is -0.457. The molecule has 0 radical (unpaired) electrons. The zero-order chi connectivity index (χ0) is 23.0. The third-order valence-electron chi connectivity index (χ3n) is 5.16. The third-order valence-corrected chi connectivity index (χ3v) is 5.16. The number of rotatable bonds is 4. The number of anilines is 1. The molecule has 0 unspecified atom stereocenters. The van der Waals surface area contributed by atoms with E-state index in [4.69, 9.17) is 0 Å². The van der Waals surface area contributed by atoms with Gasteiger partial charge in [-0.3, -0.25) is 18.7 Å². The summed E-state index contributed by atoms with van der Waals surface area (Å²) in [4.78, 5) is 41.6. The van der Waals surface area contributed by atoms with Crippen LogP contribution in [0.25, 0.3) is 28.6 Å². The number of nitrogens with zero attached hydrogens (tertiary/aromatic N) is 4. The predicted molar refractivity (Wildman–Crippen MR) is 121 cm³/mol. The van der Waals surface area contributed by atoms with Crippen molar-refractivity contribution in [3.8, 4) is 11.4 Å². The molecule has 8 nitrogen and oxygen atoms in total. The summed E-state index contributed by atoms with van der Waals surface area (Å²) >= 11 is 0. The van der Waals surface area contributed by atoms with Gasteiger partial charge in [0.1, 0.15) is 11.6 Å². The average Bonchev–Trinajstić information content (AvgIpc) is 3.13. The Morgan fingerprint density at radius 3 is 2.44 bits per heavy atom. The quantitative estimate of drug-likeness (QED) is 0.501. The molecule has 2 aromatic carbocycles. The molecular formula is C23H20FN5O3. The number of hydrogen-bond acceptors (Lipinski definition) is 4. The van der Waals surface area contributed by atoms with Crippen LogP contribution >= 0.6 is 0 Å². The Hall–Kier alpha value is -4.27. The maximum absolute atomic E-state index is 13.0. The molecule has 0 fully saturated rings. The molecule has 1 N–H and O–H groups in total. The Bertz CT molecular complexity index is 1490. The second-order valence-electron chi connectivity index (χ2n) is 7.33. The van der Waals surface area contributed by atoms with Crippen LogP contribution in [0.5, 0.6) is 0 Å². The molecule has 0 aliphatic carbocycles. The Kier molecular flexibility index (Phi) is 5.31. The van der Waals surface area contributed by atoms with Gasteiger partial charge in [0.15, 0.2) is 11.2 Å². The second kappa shape index (κ2) is 8.10. The van der Waals surface area contributed by atoms with E-state index in [1.165, 1.54) is 29.8 Å². The maximum atomic E-state index is 13.0. The van der Waals surface area contributed by atoms with Crippen molar-refractivity contribution in [1.29, 1.82) is 0 Å². The molecule has 0 saturated carbocycles. The number of aryl methyl sites for hydroxylation is 2. The number of fused-ring (bicyclic) bond motifs is 1. The molecule has 0 aliphatic heterocycles. The summed E-state index contributed by atoms with van der Waals surface area (Å²) in [7, 11) is 4.69. The topological polar surface area (TPSA) is 90.9 Å². The second-order valence-corrected chi connectivity index (χ2v) is 7.33. The summed E-state index contributed by atoms with van der Waals surface area (Å²) < 4.78 is 17.0. The number of carbonyl (C=O) groups is 1. The van der Waals surface area contributed by atoms with Gasteiger partial charge in [0.2, 0.25) is 5.91 Å². The largest absolute Gasteiger partial charge is 0.332 e. The van der Waals surface area contributed by atoms with Gasteiger partial charge in [-0.25, -0.2) is 14.2 Å². The van der Waals surface area contributed by atoms with Gasteiger partial charge in [0.05, 0.1) is 0 Å². The lowest BCUT2D eigenvalue weighted by Crippen LogP contribution is -2.37. The lowest BCUT2D eigenvalue weighted by atomic mass is 10.2. The predicted octanol–water partition coefficient (Wildman–Crippen LogP) is 2.43. The molecule has 32 heavy (non-hydrogen) atoms. The van der Waals surface area contributed by atoms with Gasteiger partial charge in [-0.1, -0.05) is 24.3 Å². The number of hydrogen-bond donors (Lipinski definition) is 1. The van der Waals surface area contributed by atoms with Crippen LogP contribution in [0.15, 0.2) is 64.2 Å². The van der Waals surface area contributed by atoms with E-state index >= 15 is 0 Å². The van der Waals surface area contributed by atoms with E-state index < -0.39 is 11.2 Å². The molecule has 0 bridgehead atoms. The normalized spacial score (nSPS) is 11.4. The summed E-state index contributed by atoms with van der Waals surface area (Å²) in [6.07, 6.45) is 2.94. The van der Waals surface area contributed by atoms with Crippen molar-refractivity contribution in [2.24, 2.45) is 21.1 Å². The third kappa shape index (κ3) is 3.76. The molecule has 1 amide bonds. The fourth-order valence-corrected chi connectivity index (χ4v) is 3.44. The van der Waals surface area contributed by atoms with Gasteiger partial charge in [-0.05, 0) is 35.9 Å². The van der Waals surface area contributed by atoms with Crippen LogP contribution in [0, 0.1) is 5.82 Å². The van der Waals surface area contributed by atoms with E-state index in [0.29, 0.717) is 28.2 Å². The number of imidazole rings is 1. The summed E-state index contributed by atoms with van der Waals surface area (Å²) in [6, 6.07) is 12.8. The first-order chi connectivity index (χ1) is 15.3. The van der Waals surface area contributed by atoms with Crippen molar-refractivity contribution < 1.29 is 9.18 Å². The molecule has 0 saturated heterocycles.